The molecular weight excluding hydrogens is 533 g/mol. The smallest absolute Gasteiger partial charge is 0.244 e. The number of aromatic nitrogens is 1. The predicted molar refractivity (Wildman–Crippen MR) is 149 cm³/mol. The van der Waals surface area contributed by atoms with Crippen LogP contribution < -0.4 is 14.7 Å². The third kappa shape index (κ3) is 6.18. The van der Waals surface area contributed by atoms with Crippen molar-refractivity contribution in [2.45, 2.75) is 11.3 Å². The number of hydrogen-bond acceptors (Lipinski definition) is 6. The first kappa shape index (κ1) is 27.2. The van der Waals surface area contributed by atoms with Gasteiger partial charge in [0.1, 0.15) is 4.90 Å². The molecule has 0 radical (unpaired) electrons. The Morgan fingerprint density at radius 1 is 0.892 bits per heavy atom. The van der Waals surface area contributed by atoms with Crippen LogP contribution in [0.15, 0.2) is 71.9 Å². The molecule has 2 aromatic carbocycles. The van der Waals surface area contributed by atoms with Crippen molar-refractivity contribution in [1.82, 2.24) is 9.29 Å². The lowest BCUT2D eigenvalue weighted by molar-refractivity contribution is -0.118. The molecule has 1 aliphatic heterocycles. The minimum Gasteiger partial charge on any atom is -0.368 e. The fourth-order valence-electron chi connectivity index (χ4n) is 4.20. The summed E-state index contributed by atoms with van der Waals surface area (Å²) < 4.78 is 26.9. The molecule has 1 saturated heterocycles. The number of carbonyl (C=O) groups is 1. The van der Waals surface area contributed by atoms with Crippen LogP contribution in [0.4, 0.5) is 17.1 Å². The second kappa shape index (κ2) is 11.7. The van der Waals surface area contributed by atoms with Gasteiger partial charge in [0.15, 0.2) is 0 Å². The highest BCUT2D eigenvalue weighted by Crippen LogP contribution is 2.30. The van der Waals surface area contributed by atoms with Crippen molar-refractivity contribution in [2.75, 3.05) is 61.5 Å². The molecule has 0 spiro atoms. The molecule has 0 unspecified atom stereocenters. The minimum atomic E-state index is -3.88. The van der Waals surface area contributed by atoms with E-state index in [1.165, 1.54) is 35.8 Å². The molecule has 0 aliphatic carbocycles. The Balaban J connectivity index is 1.32. The van der Waals surface area contributed by atoms with E-state index in [4.69, 9.17) is 23.2 Å². The fraction of sp³-hybridized carbons (Fsp3) is 0.308. The number of sulfonamides is 1. The number of anilines is 3. The van der Waals surface area contributed by atoms with E-state index in [1.54, 1.807) is 7.05 Å². The number of rotatable bonds is 8. The van der Waals surface area contributed by atoms with E-state index < -0.39 is 10.0 Å². The van der Waals surface area contributed by atoms with Gasteiger partial charge >= 0.3 is 0 Å². The summed E-state index contributed by atoms with van der Waals surface area (Å²) in [5.41, 5.74) is 3.02. The number of carbonyl (C=O) groups excluding carboxylic acids is 1. The van der Waals surface area contributed by atoms with E-state index in [9.17, 15) is 13.2 Å². The van der Waals surface area contributed by atoms with Gasteiger partial charge in [0, 0.05) is 82.7 Å². The maximum absolute atomic E-state index is 12.9. The van der Waals surface area contributed by atoms with Crippen LogP contribution in [0, 0.1) is 0 Å². The number of halogens is 2. The Bertz CT molecular complexity index is 1330. The van der Waals surface area contributed by atoms with Crippen LogP contribution in [-0.4, -0.2) is 70.4 Å². The largest absolute Gasteiger partial charge is 0.368 e. The lowest BCUT2D eigenvalue weighted by atomic mass is 10.2. The van der Waals surface area contributed by atoms with Gasteiger partial charge in [0.05, 0.1) is 10.0 Å². The van der Waals surface area contributed by atoms with Crippen molar-refractivity contribution in [3.63, 3.8) is 0 Å². The first-order chi connectivity index (χ1) is 17.7. The summed E-state index contributed by atoms with van der Waals surface area (Å²) in [6, 6.07) is 16.3. The molecule has 0 atom stereocenters. The maximum atomic E-state index is 12.9. The summed E-state index contributed by atoms with van der Waals surface area (Å²) in [5.74, 6) is -0.196. The van der Waals surface area contributed by atoms with Crippen molar-refractivity contribution >= 4 is 56.2 Å². The lowest BCUT2D eigenvalue weighted by Crippen LogP contribution is -2.46. The average Bonchev–Trinajstić information content (AvgIpc) is 2.93. The van der Waals surface area contributed by atoms with E-state index in [-0.39, 0.29) is 33.8 Å². The molecule has 1 aliphatic rings. The molecule has 8 nitrogen and oxygen atoms in total. The molecular formula is C26H29Cl2N5O3S. The zero-order valence-electron chi connectivity index (χ0n) is 20.7. The Morgan fingerprint density at radius 2 is 1.46 bits per heavy atom. The summed E-state index contributed by atoms with van der Waals surface area (Å²) in [4.78, 5) is 23.0. The molecule has 0 N–H and O–H groups in total. The van der Waals surface area contributed by atoms with Crippen molar-refractivity contribution < 1.29 is 13.2 Å². The van der Waals surface area contributed by atoms with Crippen molar-refractivity contribution in [3.8, 4) is 0 Å². The zero-order chi connectivity index (χ0) is 26.6. The predicted octanol–water partition coefficient (Wildman–Crippen LogP) is 4.39. The monoisotopic (exact) mass is 561 g/mol. The lowest BCUT2D eigenvalue weighted by Gasteiger charge is -2.37. The van der Waals surface area contributed by atoms with E-state index in [0.717, 1.165) is 41.9 Å². The number of benzene rings is 2. The van der Waals surface area contributed by atoms with Gasteiger partial charge in [-0.15, -0.1) is 0 Å². The second-order valence-electron chi connectivity index (χ2n) is 8.78. The quantitative estimate of drug-likeness (QED) is 0.406. The molecule has 3 aromatic rings. The number of pyridine rings is 1. The van der Waals surface area contributed by atoms with E-state index in [2.05, 4.69) is 14.8 Å². The SMILES string of the molecule is CN(C(=O)CCN(C)S(=O)(=O)c1cccc(Cl)c1Cl)c1ccc(N2CCN(c3ccncc3)CC2)cc1. The fourth-order valence-corrected chi connectivity index (χ4v) is 6.10. The number of piperazine rings is 1. The molecule has 1 aromatic heterocycles. The number of nitrogens with zero attached hydrogens (tertiary/aromatic N) is 5. The van der Waals surface area contributed by atoms with E-state index >= 15 is 0 Å². The summed E-state index contributed by atoms with van der Waals surface area (Å²) >= 11 is 12.1. The molecule has 0 bridgehead atoms. The van der Waals surface area contributed by atoms with Crippen LogP contribution in [-0.2, 0) is 14.8 Å². The topological polar surface area (TPSA) is 77.1 Å². The molecule has 196 valence electrons. The van der Waals surface area contributed by atoms with Crippen LogP contribution in [0.2, 0.25) is 10.0 Å². The Hall–Kier alpha value is -2.85. The third-order valence-corrected chi connectivity index (χ3v) is 9.36. The maximum Gasteiger partial charge on any atom is 0.244 e. The van der Waals surface area contributed by atoms with Crippen LogP contribution in [0.5, 0.6) is 0 Å². The standard InChI is InChI=1S/C26H29Cl2N5O3S/c1-30(37(35,36)24-5-3-4-23(27)26(24)28)15-12-25(34)31(2)20-6-8-21(9-7-20)32-16-18-33(19-17-32)22-10-13-29-14-11-22/h3-11,13-14H,12,15-19H2,1-2H3. The van der Waals surface area contributed by atoms with Crippen molar-refractivity contribution in [1.29, 1.82) is 0 Å². The first-order valence-corrected chi connectivity index (χ1v) is 14.0. The van der Waals surface area contributed by atoms with Crippen LogP contribution in [0.3, 0.4) is 0 Å². The van der Waals surface area contributed by atoms with Crippen LogP contribution in [0.25, 0.3) is 0 Å². The molecule has 1 amide bonds. The zero-order valence-corrected chi connectivity index (χ0v) is 23.0. The molecule has 37 heavy (non-hydrogen) atoms. The first-order valence-electron chi connectivity index (χ1n) is 11.9. The normalized spacial score (nSPS) is 14.2. The second-order valence-corrected chi connectivity index (χ2v) is 11.6. The van der Waals surface area contributed by atoms with Gasteiger partial charge in [0.2, 0.25) is 15.9 Å². The van der Waals surface area contributed by atoms with Crippen molar-refractivity contribution in [3.05, 3.63) is 77.0 Å². The highest BCUT2D eigenvalue weighted by molar-refractivity contribution is 7.89. The van der Waals surface area contributed by atoms with Gasteiger partial charge in [-0.3, -0.25) is 9.78 Å². The van der Waals surface area contributed by atoms with Crippen LogP contribution in [0.1, 0.15) is 6.42 Å². The summed E-state index contributed by atoms with van der Waals surface area (Å²) in [6.07, 6.45) is 3.64. The molecule has 0 saturated carbocycles. The Labute approximate surface area is 228 Å². The summed E-state index contributed by atoms with van der Waals surface area (Å²) in [6.45, 7) is 3.64. The van der Waals surface area contributed by atoms with Gasteiger partial charge in [-0.25, -0.2) is 12.7 Å². The minimum absolute atomic E-state index is 0.00812. The summed E-state index contributed by atoms with van der Waals surface area (Å²) in [5, 5.41) is 0.129. The average molecular weight is 563 g/mol. The van der Waals surface area contributed by atoms with E-state index in [0.29, 0.717) is 0 Å². The van der Waals surface area contributed by atoms with E-state index in [1.807, 2.05) is 48.8 Å². The Kier molecular flexibility index (Phi) is 8.59. The van der Waals surface area contributed by atoms with Gasteiger partial charge in [-0.05, 0) is 48.5 Å². The molecule has 4 rings (SSSR count). The summed E-state index contributed by atoms with van der Waals surface area (Å²) in [7, 11) is -0.776. The molecule has 1 fully saturated rings. The van der Waals surface area contributed by atoms with Gasteiger partial charge in [-0.1, -0.05) is 29.3 Å². The van der Waals surface area contributed by atoms with Crippen LogP contribution >= 0.6 is 23.2 Å². The highest BCUT2D eigenvalue weighted by atomic mass is 35.5. The molecule has 2 heterocycles. The van der Waals surface area contributed by atoms with Gasteiger partial charge in [-0.2, -0.15) is 0 Å². The number of hydrogen-bond donors (Lipinski definition) is 0. The highest BCUT2D eigenvalue weighted by Gasteiger charge is 2.26. The third-order valence-electron chi connectivity index (χ3n) is 6.53. The number of amides is 1. The van der Waals surface area contributed by atoms with Crippen molar-refractivity contribution in [2.24, 2.45) is 0 Å². The van der Waals surface area contributed by atoms with Gasteiger partial charge < -0.3 is 14.7 Å². The molecule has 11 heteroatoms. The Morgan fingerprint density at radius 3 is 2.05 bits per heavy atom. The van der Waals surface area contributed by atoms with Gasteiger partial charge in [0.25, 0.3) is 0 Å².